The number of benzene rings is 4. The van der Waals surface area contributed by atoms with Gasteiger partial charge in [0.25, 0.3) is 0 Å². The Bertz CT molecular complexity index is 1830. The average Bonchev–Trinajstić information content (AvgIpc) is 3.10. The maximum absolute atomic E-state index is 5.79. The zero-order valence-corrected chi connectivity index (χ0v) is 38.9. The normalized spacial score (nSPS) is 10.7. The number of fused-ring (bicyclic) bond motifs is 2. The third-order valence-corrected chi connectivity index (χ3v) is 8.94. The van der Waals surface area contributed by atoms with Crippen LogP contribution in [0.2, 0.25) is 0 Å². The van der Waals surface area contributed by atoms with E-state index in [0.717, 1.165) is 80.3 Å². The molecule has 4 rings (SSSR count). The van der Waals surface area contributed by atoms with Gasteiger partial charge in [-0.3, -0.25) is 0 Å². The number of rotatable bonds is 13. The summed E-state index contributed by atoms with van der Waals surface area (Å²) in [6, 6.07) is 19.5. The smallest absolute Gasteiger partial charge is 1.00 e. The fourth-order valence-electron chi connectivity index (χ4n) is 5.88. The van der Waals surface area contributed by atoms with Crippen LogP contribution < -0.4 is 35.9 Å². The van der Waals surface area contributed by atoms with Crippen molar-refractivity contribution in [3.63, 3.8) is 0 Å². The van der Waals surface area contributed by atoms with Crippen LogP contribution in [0.25, 0.3) is 21.5 Å². The molecule has 0 bridgehead atoms. The minimum absolute atomic E-state index is 0. The van der Waals surface area contributed by atoms with Gasteiger partial charge in [0, 0.05) is 33.2 Å². The fraction of sp³-hybridized carbons (Fsp3) is 0.391. The van der Waals surface area contributed by atoms with Crippen molar-refractivity contribution >= 4 is 60.5 Å². The van der Waals surface area contributed by atoms with Crippen LogP contribution in [0.15, 0.2) is 95.1 Å². The molecule has 0 radical (unpaired) electrons. The summed E-state index contributed by atoms with van der Waals surface area (Å²) in [7, 11) is 6.83. The first kappa shape index (κ1) is 50.3. The summed E-state index contributed by atoms with van der Waals surface area (Å²) in [4.78, 5) is 0. The first-order chi connectivity index (χ1) is 24.4. The Balaban J connectivity index is 0.000000826. The molecule has 0 atom stereocenters. The molecular weight excluding hydrogens is 801 g/mol. The molecule has 0 fully saturated rings. The van der Waals surface area contributed by atoms with E-state index in [-0.39, 0.29) is 40.0 Å². The van der Waals surface area contributed by atoms with Gasteiger partial charge in [0.1, 0.15) is 11.5 Å². The van der Waals surface area contributed by atoms with Crippen LogP contribution in [0.3, 0.4) is 0 Å². The van der Waals surface area contributed by atoms with E-state index in [1.54, 1.807) is 28.4 Å². The Morgan fingerprint density at radius 2 is 1.04 bits per heavy atom. The van der Waals surface area contributed by atoms with Crippen molar-refractivity contribution in [1.29, 1.82) is 0 Å². The van der Waals surface area contributed by atoms with Crippen molar-refractivity contribution in [2.75, 3.05) is 33.8 Å². The molecule has 7 heteroatoms. The van der Waals surface area contributed by atoms with Crippen molar-refractivity contribution in [1.82, 2.24) is 0 Å². The number of allylic oxidation sites excluding steroid dienone is 8. The van der Waals surface area contributed by atoms with Crippen LogP contribution >= 0.6 is 15.9 Å². The molecule has 0 saturated heterocycles. The maximum atomic E-state index is 5.79. The predicted molar refractivity (Wildman–Crippen MR) is 231 cm³/mol. The van der Waals surface area contributed by atoms with E-state index in [0.29, 0.717) is 0 Å². The van der Waals surface area contributed by atoms with E-state index in [4.69, 9.17) is 18.9 Å². The molecule has 4 aromatic carbocycles. The molecule has 0 aliphatic carbocycles. The molecule has 0 aliphatic rings. The molecule has 0 heterocycles. The molecule has 0 unspecified atom stereocenters. The van der Waals surface area contributed by atoms with Gasteiger partial charge < -0.3 is 35.9 Å². The van der Waals surface area contributed by atoms with Crippen molar-refractivity contribution in [2.45, 2.75) is 87.5 Å². The average molecular weight is 861 g/mol. The van der Waals surface area contributed by atoms with Crippen LogP contribution in [0.5, 0.6) is 23.0 Å². The van der Waals surface area contributed by atoms with Gasteiger partial charge in [-0.2, -0.15) is 0 Å². The van der Waals surface area contributed by atoms with Gasteiger partial charge in [-0.15, -0.1) is 17.7 Å². The number of aryl methyl sites for hydroxylation is 1. The third-order valence-electron chi connectivity index (χ3n) is 8.62. The van der Waals surface area contributed by atoms with Crippen molar-refractivity contribution in [3.05, 3.63) is 118 Å². The number of hydrogen-bond acceptors (Lipinski definition) is 4. The van der Waals surface area contributed by atoms with Crippen molar-refractivity contribution < 1.29 is 35.9 Å². The SMILES string of the molecule is CC(C)=CCC/C(C)=C/CBr.COc1[c-]c(C)c(OC)c2ccccc12.COc1c(C)c(C/C=C(\C)CCC=C(C)C)c(OC)c2ccccc12.[Br-].[Mg+2]. The molecule has 0 N–H and O–H groups in total. The predicted octanol–water partition coefficient (Wildman–Crippen LogP) is 10.1. The minimum Gasteiger partial charge on any atom is -1.00 e. The first-order valence-electron chi connectivity index (χ1n) is 17.7. The van der Waals surface area contributed by atoms with E-state index in [2.05, 4.69) is 107 Å². The topological polar surface area (TPSA) is 36.9 Å². The van der Waals surface area contributed by atoms with Crippen LogP contribution in [0.1, 0.15) is 83.9 Å². The number of ether oxygens (including phenoxy) is 4. The van der Waals surface area contributed by atoms with Gasteiger partial charge in [0.05, 0.1) is 28.4 Å². The van der Waals surface area contributed by atoms with E-state index >= 15 is 0 Å². The zero-order chi connectivity index (χ0) is 37.9. The van der Waals surface area contributed by atoms with E-state index in [1.165, 1.54) is 40.7 Å². The molecule has 0 saturated carbocycles. The quantitative estimate of drug-likeness (QED) is 0.0581. The Kier molecular flexibility index (Phi) is 25.6. The standard InChI is InChI=1S/C23H30O2.C13H13O2.C10H17Br.BrH.Mg/c1-16(2)10-9-11-17(3)14-15-19-18(4)22(24-5)20-12-7-8-13-21(20)23(19)25-6;1-9-8-12(14-2)10-6-4-5-7-11(10)13(9)15-3;1-9(2)5-4-6-10(3)7-8-11;;/h7-8,10,12-14H,9,11,15H2,1-6H3;4-7H,1-3H3;5,7H,4,6,8H2,1-3H3;1H;/q;-1;;;+2/p-1/b17-14+;;10-7+;;. The summed E-state index contributed by atoms with van der Waals surface area (Å²) in [6.45, 7) is 17.1. The molecule has 4 nitrogen and oxygen atoms in total. The van der Waals surface area contributed by atoms with Crippen LogP contribution in [0, 0.1) is 19.9 Å². The van der Waals surface area contributed by atoms with E-state index in [9.17, 15) is 0 Å². The Labute approximate surface area is 356 Å². The molecule has 4 aromatic rings. The number of hydrogen-bond donors (Lipinski definition) is 0. The van der Waals surface area contributed by atoms with Gasteiger partial charge >= 0.3 is 23.1 Å². The Morgan fingerprint density at radius 1 is 0.604 bits per heavy atom. The second kappa shape index (κ2) is 27.0. The largest absolute Gasteiger partial charge is 2.00 e. The van der Waals surface area contributed by atoms with Gasteiger partial charge in [-0.25, -0.2) is 0 Å². The Hall–Kier alpha value is -2.71. The van der Waals surface area contributed by atoms with Crippen LogP contribution in [0.4, 0.5) is 0 Å². The summed E-state index contributed by atoms with van der Waals surface area (Å²) in [5, 5.41) is 5.29. The van der Waals surface area contributed by atoms with Gasteiger partial charge in [0.2, 0.25) is 0 Å². The molecule has 0 aromatic heterocycles. The molecule has 0 spiro atoms. The van der Waals surface area contributed by atoms with Gasteiger partial charge in [-0.1, -0.05) is 123 Å². The summed E-state index contributed by atoms with van der Waals surface area (Å²) in [6.07, 6.45) is 14.5. The van der Waals surface area contributed by atoms with E-state index in [1.807, 2.05) is 43.3 Å². The summed E-state index contributed by atoms with van der Waals surface area (Å²) in [5.41, 5.74) is 9.01. The summed E-state index contributed by atoms with van der Waals surface area (Å²) >= 11 is 3.38. The van der Waals surface area contributed by atoms with E-state index < -0.39 is 0 Å². The fourth-order valence-corrected chi connectivity index (χ4v) is 6.43. The minimum atomic E-state index is 0. The second-order valence-electron chi connectivity index (χ2n) is 13.2. The van der Waals surface area contributed by atoms with Crippen LogP contribution in [-0.4, -0.2) is 56.8 Å². The van der Waals surface area contributed by atoms with Crippen LogP contribution in [-0.2, 0) is 6.42 Å². The van der Waals surface area contributed by atoms with Gasteiger partial charge in [-0.05, 0) is 86.1 Å². The van der Waals surface area contributed by atoms with Crippen molar-refractivity contribution in [3.8, 4) is 23.0 Å². The summed E-state index contributed by atoms with van der Waals surface area (Å²) in [5.74, 6) is 3.54. The summed E-state index contributed by atoms with van der Waals surface area (Å²) < 4.78 is 22.2. The molecular formula is C46H60Br2MgO4. The number of methoxy groups -OCH3 is 4. The van der Waals surface area contributed by atoms with Crippen molar-refractivity contribution in [2.24, 2.45) is 0 Å². The molecule has 284 valence electrons. The first-order valence-corrected chi connectivity index (χ1v) is 18.8. The molecule has 0 amide bonds. The maximum Gasteiger partial charge on any atom is 2.00 e. The monoisotopic (exact) mass is 858 g/mol. The second-order valence-corrected chi connectivity index (χ2v) is 13.8. The number of alkyl halides is 1. The zero-order valence-electron chi connectivity index (χ0n) is 34.3. The van der Waals surface area contributed by atoms with Gasteiger partial charge in [0.15, 0.2) is 0 Å². The Morgan fingerprint density at radius 3 is 1.47 bits per heavy atom. The molecule has 53 heavy (non-hydrogen) atoms. The molecule has 0 aliphatic heterocycles. The number of halogens is 2. The third kappa shape index (κ3) is 15.9.